The van der Waals surface area contributed by atoms with Gasteiger partial charge in [-0.2, -0.15) is 0 Å². The molecule has 2 nitrogen and oxygen atoms in total. The molecule has 0 unspecified atom stereocenters. The molecule has 0 spiro atoms. The van der Waals surface area contributed by atoms with Gasteiger partial charge in [0, 0.05) is 5.57 Å². The molecule has 4 rings (SSSR count). The van der Waals surface area contributed by atoms with Gasteiger partial charge in [0.05, 0.1) is 7.11 Å². The summed E-state index contributed by atoms with van der Waals surface area (Å²) >= 11 is 0. The molecule has 4 aliphatic carbocycles. The molecular weight excluding hydrogens is 212 g/mol. The van der Waals surface area contributed by atoms with E-state index in [1.807, 2.05) is 13.0 Å². The lowest BCUT2D eigenvalue weighted by Crippen LogP contribution is -2.46. The van der Waals surface area contributed by atoms with Crippen molar-refractivity contribution >= 4 is 5.97 Å². The molecule has 4 aliphatic rings. The van der Waals surface area contributed by atoms with Gasteiger partial charge in [0.2, 0.25) is 0 Å². The third-order valence-corrected chi connectivity index (χ3v) is 5.32. The zero-order valence-corrected chi connectivity index (χ0v) is 10.8. The van der Waals surface area contributed by atoms with E-state index in [4.69, 9.17) is 4.74 Å². The molecular formula is C15H22O2. The van der Waals surface area contributed by atoms with Crippen molar-refractivity contribution in [1.82, 2.24) is 0 Å². The van der Waals surface area contributed by atoms with E-state index in [0.717, 1.165) is 29.2 Å². The van der Waals surface area contributed by atoms with Gasteiger partial charge >= 0.3 is 5.97 Å². The van der Waals surface area contributed by atoms with Gasteiger partial charge in [-0.25, -0.2) is 4.79 Å². The van der Waals surface area contributed by atoms with Gasteiger partial charge in [-0.05, 0) is 68.6 Å². The lowest BCUT2D eigenvalue weighted by molar-refractivity contribution is -0.138. The van der Waals surface area contributed by atoms with Crippen molar-refractivity contribution in [1.29, 1.82) is 0 Å². The molecule has 0 heterocycles. The minimum Gasteiger partial charge on any atom is -0.466 e. The number of esters is 1. The number of carbonyl (C=O) groups excluding carboxylic acids is 1. The average Bonchev–Trinajstić information content (AvgIpc) is 2.32. The predicted molar refractivity (Wildman–Crippen MR) is 66.3 cm³/mol. The van der Waals surface area contributed by atoms with Crippen LogP contribution >= 0.6 is 0 Å². The number of hydrogen-bond donors (Lipinski definition) is 0. The molecule has 2 heteroatoms. The molecule has 0 radical (unpaired) electrons. The smallest absolute Gasteiger partial charge is 0.333 e. The Labute approximate surface area is 103 Å². The van der Waals surface area contributed by atoms with Gasteiger partial charge < -0.3 is 4.74 Å². The van der Waals surface area contributed by atoms with Gasteiger partial charge in [-0.3, -0.25) is 0 Å². The molecule has 0 N–H and O–H groups in total. The van der Waals surface area contributed by atoms with Crippen LogP contribution in [0.2, 0.25) is 0 Å². The van der Waals surface area contributed by atoms with Crippen LogP contribution in [0.4, 0.5) is 0 Å². The van der Waals surface area contributed by atoms with Gasteiger partial charge in [-0.15, -0.1) is 0 Å². The summed E-state index contributed by atoms with van der Waals surface area (Å²) < 4.78 is 4.95. The van der Waals surface area contributed by atoms with E-state index >= 15 is 0 Å². The quantitative estimate of drug-likeness (QED) is 0.542. The second-order valence-corrected chi connectivity index (χ2v) is 6.19. The zero-order chi connectivity index (χ0) is 12.0. The van der Waals surface area contributed by atoms with Crippen LogP contribution in [0.3, 0.4) is 0 Å². The largest absolute Gasteiger partial charge is 0.466 e. The molecule has 4 saturated carbocycles. The number of rotatable bonds is 2. The summed E-state index contributed by atoms with van der Waals surface area (Å²) in [6.07, 6.45) is 8.87. The Morgan fingerprint density at radius 1 is 1.06 bits per heavy atom. The van der Waals surface area contributed by atoms with E-state index in [1.54, 1.807) is 0 Å². The van der Waals surface area contributed by atoms with E-state index in [-0.39, 0.29) is 5.97 Å². The third kappa shape index (κ3) is 1.73. The van der Waals surface area contributed by atoms with Crippen molar-refractivity contribution in [3.63, 3.8) is 0 Å². The minimum atomic E-state index is -0.0926. The number of methoxy groups -OCH3 is 1. The normalized spacial score (nSPS) is 43.9. The first-order valence-corrected chi connectivity index (χ1v) is 6.97. The Kier molecular flexibility index (Phi) is 2.76. The molecule has 0 aromatic carbocycles. The van der Waals surface area contributed by atoms with Crippen LogP contribution in [0.25, 0.3) is 0 Å². The number of allylic oxidation sites excluding steroid dienone is 1. The van der Waals surface area contributed by atoms with Crippen molar-refractivity contribution in [2.45, 2.75) is 39.0 Å². The molecule has 17 heavy (non-hydrogen) atoms. The Morgan fingerprint density at radius 3 is 2.00 bits per heavy atom. The highest BCUT2D eigenvalue weighted by Crippen LogP contribution is 2.58. The predicted octanol–water partition coefficient (Wildman–Crippen LogP) is 3.18. The molecule has 0 aromatic rings. The SMILES string of the molecule is CC=C(C(=O)OC)C1C2CC3CC(C2)CC1C3. The van der Waals surface area contributed by atoms with Crippen LogP contribution in [-0.2, 0) is 9.53 Å². The van der Waals surface area contributed by atoms with E-state index in [2.05, 4.69) is 0 Å². The maximum atomic E-state index is 11.9. The van der Waals surface area contributed by atoms with Crippen LogP contribution in [0.15, 0.2) is 11.6 Å². The monoisotopic (exact) mass is 234 g/mol. The molecule has 0 amide bonds. The highest BCUT2D eigenvalue weighted by Gasteiger charge is 2.50. The summed E-state index contributed by atoms with van der Waals surface area (Å²) in [6.45, 7) is 1.98. The summed E-state index contributed by atoms with van der Waals surface area (Å²) in [6, 6.07) is 0. The van der Waals surface area contributed by atoms with Crippen molar-refractivity contribution in [2.75, 3.05) is 7.11 Å². The first kappa shape index (κ1) is 11.3. The first-order valence-electron chi connectivity index (χ1n) is 6.97. The van der Waals surface area contributed by atoms with Crippen molar-refractivity contribution in [3.8, 4) is 0 Å². The van der Waals surface area contributed by atoms with Crippen molar-refractivity contribution in [3.05, 3.63) is 11.6 Å². The molecule has 4 fully saturated rings. The van der Waals surface area contributed by atoms with Gasteiger partial charge in [0.15, 0.2) is 0 Å². The topological polar surface area (TPSA) is 26.3 Å². The van der Waals surface area contributed by atoms with Crippen LogP contribution < -0.4 is 0 Å². The number of ether oxygens (including phenoxy) is 1. The van der Waals surface area contributed by atoms with Gasteiger partial charge in [0.25, 0.3) is 0 Å². The van der Waals surface area contributed by atoms with E-state index in [9.17, 15) is 4.79 Å². The number of hydrogen-bond acceptors (Lipinski definition) is 2. The lowest BCUT2D eigenvalue weighted by Gasteiger charge is -2.54. The molecule has 0 saturated heterocycles. The Balaban J connectivity index is 1.86. The Hall–Kier alpha value is -0.790. The average molecular weight is 234 g/mol. The molecule has 4 bridgehead atoms. The maximum Gasteiger partial charge on any atom is 0.333 e. The summed E-state index contributed by atoms with van der Waals surface area (Å²) in [5, 5.41) is 0. The van der Waals surface area contributed by atoms with E-state index in [0.29, 0.717) is 5.92 Å². The molecule has 0 aromatic heterocycles. The van der Waals surface area contributed by atoms with Crippen LogP contribution in [0.1, 0.15) is 39.0 Å². The zero-order valence-electron chi connectivity index (χ0n) is 10.8. The Bertz CT molecular complexity index is 328. The van der Waals surface area contributed by atoms with Crippen molar-refractivity contribution < 1.29 is 9.53 Å². The standard InChI is InChI=1S/C15H22O2/c1-3-13(15(16)17-2)14-11-5-9-4-10(7-11)8-12(14)6-9/h3,9-12,14H,4-8H2,1-2H3. The fourth-order valence-electron chi connectivity index (χ4n) is 5.00. The highest BCUT2D eigenvalue weighted by molar-refractivity contribution is 5.89. The van der Waals surface area contributed by atoms with Crippen LogP contribution in [0, 0.1) is 29.6 Å². The molecule has 0 aliphatic heterocycles. The number of carbonyl (C=O) groups is 1. The van der Waals surface area contributed by atoms with Crippen LogP contribution in [-0.4, -0.2) is 13.1 Å². The van der Waals surface area contributed by atoms with Crippen LogP contribution in [0.5, 0.6) is 0 Å². The van der Waals surface area contributed by atoms with Gasteiger partial charge in [-0.1, -0.05) is 6.08 Å². The highest BCUT2D eigenvalue weighted by atomic mass is 16.5. The summed E-state index contributed by atoms with van der Waals surface area (Å²) in [5.41, 5.74) is 0.960. The molecule has 94 valence electrons. The maximum absolute atomic E-state index is 11.9. The van der Waals surface area contributed by atoms with E-state index < -0.39 is 0 Å². The Morgan fingerprint density at radius 2 is 1.59 bits per heavy atom. The third-order valence-electron chi connectivity index (χ3n) is 5.32. The summed E-state index contributed by atoms with van der Waals surface area (Å²) in [5.74, 6) is 3.85. The fraction of sp³-hybridized carbons (Fsp3) is 0.800. The fourth-order valence-corrected chi connectivity index (χ4v) is 5.00. The summed E-state index contributed by atoms with van der Waals surface area (Å²) in [4.78, 5) is 11.9. The lowest BCUT2D eigenvalue weighted by atomic mass is 9.50. The van der Waals surface area contributed by atoms with E-state index in [1.165, 1.54) is 39.2 Å². The first-order chi connectivity index (χ1) is 8.22. The minimum absolute atomic E-state index is 0.0926. The second kappa shape index (κ2) is 4.15. The summed E-state index contributed by atoms with van der Waals surface area (Å²) in [7, 11) is 1.50. The second-order valence-electron chi connectivity index (χ2n) is 6.19. The van der Waals surface area contributed by atoms with Crippen molar-refractivity contribution in [2.24, 2.45) is 29.6 Å². The van der Waals surface area contributed by atoms with Gasteiger partial charge in [0.1, 0.15) is 0 Å². The molecule has 0 atom stereocenters.